The van der Waals surface area contributed by atoms with Gasteiger partial charge in [0.2, 0.25) is 0 Å². The lowest BCUT2D eigenvalue weighted by Gasteiger charge is -2.09. The van der Waals surface area contributed by atoms with Crippen molar-refractivity contribution in [2.45, 2.75) is 18.9 Å². The van der Waals surface area contributed by atoms with Gasteiger partial charge in [0.15, 0.2) is 0 Å². The highest BCUT2D eigenvalue weighted by molar-refractivity contribution is 5.78. The van der Waals surface area contributed by atoms with Crippen molar-refractivity contribution < 1.29 is 24.4 Å². The maximum Gasteiger partial charge on any atom is 0.328 e. The number of hydrogen-bond acceptors (Lipinski definition) is 6. The molecule has 3 N–H and O–H groups in total. The number of carbonyl (C=O) groups is 2. The van der Waals surface area contributed by atoms with Crippen molar-refractivity contribution in [3.63, 3.8) is 0 Å². The van der Waals surface area contributed by atoms with E-state index < -0.39 is 22.9 Å². The molecule has 0 saturated carbocycles. The molecule has 0 bridgehead atoms. The van der Waals surface area contributed by atoms with Gasteiger partial charge in [-0.1, -0.05) is 0 Å². The first kappa shape index (κ1) is 14.6. The van der Waals surface area contributed by atoms with Crippen molar-refractivity contribution in [3.8, 4) is 5.75 Å². The molecule has 1 rings (SSSR count). The number of esters is 1. The zero-order valence-corrected chi connectivity index (χ0v) is 9.81. The normalized spacial score (nSPS) is 11.6. The standard InChI is InChI=1S/C11H12N2O6/c12-9(5-6-10(14)15)11(16)19-8-3-1-7(2-4-8)13(17)18/h1-4,9H,5-6,12H2,(H,14,15)/t9-/m0/s1. The summed E-state index contributed by atoms with van der Waals surface area (Å²) in [5.74, 6) is -1.73. The molecule has 0 unspecified atom stereocenters. The summed E-state index contributed by atoms with van der Waals surface area (Å²) in [6.07, 6.45) is -0.280. The number of rotatable bonds is 6. The lowest BCUT2D eigenvalue weighted by atomic mass is 10.2. The third-order valence-electron chi connectivity index (χ3n) is 2.24. The number of carboxylic acid groups (broad SMARTS) is 1. The largest absolute Gasteiger partial charge is 0.481 e. The highest BCUT2D eigenvalue weighted by Crippen LogP contribution is 2.17. The van der Waals surface area contributed by atoms with Crippen molar-refractivity contribution in [3.05, 3.63) is 34.4 Å². The second kappa shape index (κ2) is 6.45. The molecule has 0 aliphatic heterocycles. The second-order valence-electron chi connectivity index (χ2n) is 3.71. The van der Waals surface area contributed by atoms with Crippen molar-refractivity contribution in [2.75, 3.05) is 0 Å². The Balaban J connectivity index is 2.56. The number of nitrogens with two attached hydrogens (primary N) is 1. The van der Waals surface area contributed by atoms with Crippen molar-refractivity contribution in [1.82, 2.24) is 0 Å². The second-order valence-corrected chi connectivity index (χ2v) is 3.71. The van der Waals surface area contributed by atoms with E-state index in [1.807, 2.05) is 0 Å². The minimum Gasteiger partial charge on any atom is -0.481 e. The minimum atomic E-state index is -1.06. The van der Waals surface area contributed by atoms with E-state index in [2.05, 4.69) is 0 Å². The Morgan fingerprint density at radius 2 is 1.95 bits per heavy atom. The molecule has 0 aliphatic carbocycles. The Hall–Kier alpha value is -2.48. The van der Waals surface area contributed by atoms with E-state index in [9.17, 15) is 19.7 Å². The van der Waals surface area contributed by atoms with E-state index in [1.54, 1.807) is 0 Å². The van der Waals surface area contributed by atoms with Gasteiger partial charge in [-0.15, -0.1) is 0 Å². The third kappa shape index (κ3) is 4.72. The van der Waals surface area contributed by atoms with E-state index in [0.29, 0.717) is 0 Å². The van der Waals surface area contributed by atoms with E-state index in [0.717, 1.165) is 0 Å². The quantitative estimate of drug-likeness (QED) is 0.335. The van der Waals surface area contributed by atoms with Crippen LogP contribution in [0.1, 0.15) is 12.8 Å². The lowest BCUT2D eigenvalue weighted by Crippen LogP contribution is -2.34. The Labute approximate surface area is 107 Å². The summed E-state index contributed by atoms with van der Waals surface area (Å²) in [5.41, 5.74) is 5.32. The molecule has 102 valence electrons. The van der Waals surface area contributed by atoms with Crippen LogP contribution in [0, 0.1) is 10.1 Å². The molecule has 0 heterocycles. The molecular weight excluding hydrogens is 256 g/mol. The Morgan fingerprint density at radius 3 is 2.42 bits per heavy atom. The molecule has 0 aromatic heterocycles. The van der Waals surface area contributed by atoms with Crippen LogP contribution < -0.4 is 10.5 Å². The van der Waals surface area contributed by atoms with Crippen LogP contribution in [0.2, 0.25) is 0 Å². The van der Waals surface area contributed by atoms with E-state index in [-0.39, 0.29) is 24.3 Å². The summed E-state index contributed by atoms with van der Waals surface area (Å²) in [5, 5.41) is 18.9. The molecule has 0 spiro atoms. The van der Waals surface area contributed by atoms with Gasteiger partial charge in [-0.05, 0) is 18.6 Å². The molecule has 0 saturated heterocycles. The topological polar surface area (TPSA) is 133 Å². The monoisotopic (exact) mass is 268 g/mol. The number of ether oxygens (including phenoxy) is 1. The molecule has 0 radical (unpaired) electrons. The molecule has 1 aromatic rings. The summed E-state index contributed by atoms with van der Waals surface area (Å²) in [4.78, 5) is 31.6. The van der Waals surface area contributed by atoms with Crippen LogP contribution in [-0.2, 0) is 9.59 Å². The summed E-state index contributed by atoms with van der Waals surface area (Å²) in [6.45, 7) is 0. The summed E-state index contributed by atoms with van der Waals surface area (Å²) < 4.78 is 4.86. The first-order valence-corrected chi connectivity index (χ1v) is 5.33. The van der Waals surface area contributed by atoms with E-state index in [1.165, 1.54) is 24.3 Å². The van der Waals surface area contributed by atoms with Gasteiger partial charge in [0.05, 0.1) is 4.92 Å². The summed E-state index contributed by atoms with van der Waals surface area (Å²) >= 11 is 0. The van der Waals surface area contributed by atoms with Crippen molar-refractivity contribution in [2.24, 2.45) is 5.73 Å². The van der Waals surface area contributed by atoms with Crippen LogP contribution in [0.25, 0.3) is 0 Å². The van der Waals surface area contributed by atoms with E-state index >= 15 is 0 Å². The fourth-order valence-corrected chi connectivity index (χ4v) is 1.22. The smallest absolute Gasteiger partial charge is 0.328 e. The van der Waals surface area contributed by atoms with Crippen LogP contribution in [0.4, 0.5) is 5.69 Å². The Bertz CT molecular complexity index is 484. The summed E-state index contributed by atoms with van der Waals surface area (Å²) in [7, 11) is 0. The molecule has 1 aromatic carbocycles. The molecule has 1 atom stereocenters. The fourth-order valence-electron chi connectivity index (χ4n) is 1.22. The van der Waals surface area contributed by atoms with Crippen LogP contribution in [0.5, 0.6) is 5.75 Å². The zero-order valence-electron chi connectivity index (χ0n) is 9.81. The number of benzene rings is 1. The van der Waals surface area contributed by atoms with Crippen LogP contribution in [0.15, 0.2) is 24.3 Å². The maximum atomic E-state index is 11.5. The maximum absolute atomic E-state index is 11.5. The average Bonchev–Trinajstić information content (AvgIpc) is 2.36. The van der Waals surface area contributed by atoms with E-state index in [4.69, 9.17) is 15.6 Å². The Kier molecular flexibility index (Phi) is 4.95. The molecule has 0 amide bonds. The third-order valence-corrected chi connectivity index (χ3v) is 2.24. The van der Waals surface area contributed by atoms with Gasteiger partial charge in [0, 0.05) is 18.6 Å². The highest BCUT2D eigenvalue weighted by atomic mass is 16.6. The number of nitrogens with zero attached hydrogens (tertiary/aromatic N) is 1. The van der Waals surface area contributed by atoms with Crippen molar-refractivity contribution >= 4 is 17.6 Å². The van der Waals surface area contributed by atoms with Gasteiger partial charge in [-0.2, -0.15) is 0 Å². The number of aliphatic carboxylic acids is 1. The molecular formula is C11H12N2O6. The van der Waals surface area contributed by atoms with Crippen molar-refractivity contribution in [1.29, 1.82) is 0 Å². The lowest BCUT2D eigenvalue weighted by molar-refractivity contribution is -0.384. The van der Waals surface area contributed by atoms with Crippen LogP contribution in [-0.4, -0.2) is 28.0 Å². The number of carboxylic acids is 1. The predicted molar refractivity (Wildman–Crippen MR) is 63.6 cm³/mol. The molecule has 0 fully saturated rings. The number of nitro groups is 1. The van der Waals surface area contributed by atoms with Crippen LogP contribution >= 0.6 is 0 Å². The first-order valence-electron chi connectivity index (χ1n) is 5.33. The summed E-state index contributed by atoms with van der Waals surface area (Å²) in [6, 6.07) is 3.85. The zero-order chi connectivity index (χ0) is 14.4. The SMILES string of the molecule is N[C@@H](CCC(=O)O)C(=O)Oc1ccc([N+](=O)[O-])cc1. The molecule has 0 aliphatic rings. The number of nitro benzene ring substituents is 1. The number of hydrogen-bond donors (Lipinski definition) is 2. The van der Waals surface area contributed by atoms with Gasteiger partial charge in [-0.3, -0.25) is 14.9 Å². The van der Waals surface area contributed by atoms with Gasteiger partial charge < -0.3 is 15.6 Å². The number of non-ortho nitro benzene ring substituents is 1. The van der Waals surface area contributed by atoms with Crippen LogP contribution in [0.3, 0.4) is 0 Å². The molecule has 8 nitrogen and oxygen atoms in total. The minimum absolute atomic E-state index is 0.0405. The molecule has 19 heavy (non-hydrogen) atoms. The Morgan fingerprint density at radius 1 is 1.37 bits per heavy atom. The average molecular weight is 268 g/mol. The highest BCUT2D eigenvalue weighted by Gasteiger charge is 2.17. The van der Waals surface area contributed by atoms with Gasteiger partial charge in [0.25, 0.3) is 5.69 Å². The van der Waals surface area contributed by atoms with Gasteiger partial charge in [-0.25, -0.2) is 4.79 Å². The first-order chi connectivity index (χ1) is 8.90. The molecule has 8 heteroatoms. The van der Waals surface area contributed by atoms with Gasteiger partial charge in [0.1, 0.15) is 11.8 Å². The number of carbonyl (C=O) groups excluding carboxylic acids is 1. The fraction of sp³-hybridized carbons (Fsp3) is 0.273. The predicted octanol–water partition coefficient (Wildman–Crippen LogP) is 0.692. The van der Waals surface area contributed by atoms with Gasteiger partial charge >= 0.3 is 11.9 Å².